The van der Waals surface area contributed by atoms with Gasteiger partial charge in [0.05, 0.1) is 0 Å². The van der Waals surface area contributed by atoms with Gasteiger partial charge in [0, 0.05) is 17.8 Å². The van der Waals surface area contributed by atoms with Gasteiger partial charge in [-0.15, -0.1) is 0 Å². The maximum Gasteiger partial charge on any atom is 0.134 e. The number of hydrogen-bond donors (Lipinski definition) is 2. The van der Waals surface area contributed by atoms with Gasteiger partial charge in [0.25, 0.3) is 0 Å². The van der Waals surface area contributed by atoms with E-state index in [1.54, 1.807) is 12.1 Å². The van der Waals surface area contributed by atoms with Gasteiger partial charge in [0.1, 0.15) is 23.3 Å². The Morgan fingerprint density at radius 3 is 2.48 bits per heavy atom. The summed E-state index contributed by atoms with van der Waals surface area (Å²) in [5, 5.41) is 11.5. The largest absolute Gasteiger partial charge is 0.458 e. The number of halogens is 1. The highest BCUT2D eigenvalue weighted by Crippen LogP contribution is 2.33. The summed E-state index contributed by atoms with van der Waals surface area (Å²) in [6, 6.07) is 15.4. The standard InChI is InChI=1S/C17H16FNO2/c18-13-7-5-11(6-8-13)14(10-19)17(20)16-9-12-3-1-2-4-15(12)21-16/h1-9,14,17,20H,10,19H2. The molecule has 108 valence electrons. The van der Waals surface area contributed by atoms with Gasteiger partial charge >= 0.3 is 0 Å². The first kappa shape index (κ1) is 13.8. The molecule has 0 aliphatic heterocycles. The first-order valence-electron chi connectivity index (χ1n) is 6.81. The molecule has 0 fully saturated rings. The van der Waals surface area contributed by atoms with Crippen molar-refractivity contribution in [1.29, 1.82) is 0 Å². The molecule has 1 heterocycles. The number of para-hydroxylation sites is 1. The van der Waals surface area contributed by atoms with Crippen LogP contribution in [0, 0.1) is 5.82 Å². The summed E-state index contributed by atoms with van der Waals surface area (Å²) in [4.78, 5) is 0. The summed E-state index contributed by atoms with van der Waals surface area (Å²) in [6.07, 6.45) is -0.868. The molecule has 2 unspecified atom stereocenters. The van der Waals surface area contributed by atoms with Crippen LogP contribution in [-0.2, 0) is 0 Å². The molecule has 2 atom stereocenters. The lowest BCUT2D eigenvalue weighted by Crippen LogP contribution is -2.19. The monoisotopic (exact) mass is 285 g/mol. The lowest BCUT2D eigenvalue weighted by Gasteiger charge is -2.20. The van der Waals surface area contributed by atoms with Crippen LogP contribution in [0.3, 0.4) is 0 Å². The Labute approximate surface area is 121 Å². The third-order valence-corrected chi connectivity index (χ3v) is 3.67. The zero-order valence-corrected chi connectivity index (χ0v) is 11.4. The van der Waals surface area contributed by atoms with Crippen LogP contribution in [0.1, 0.15) is 23.3 Å². The molecule has 0 aliphatic rings. The number of aliphatic hydroxyl groups is 1. The molecule has 0 bridgehead atoms. The smallest absolute Gasteiger partial charge is 0.134 e. The Hall–Kier alpha value is -2.17. The second-order valence-electron chi connectivity index (χ2n) is 5.03. The average molecular weight is 285 g/mol. The Kier molecular flexibility index (Phi) is 3.73. The van der Waals surface area contributed by atoms with Crippen LogP contribution in [0.15, 0.2) is 59.0 Å². The van der Waals surface area contributed by atoms with Gasteiger partial charge in [0.15, 0.2) is 0 Å². The number of furan rings is 1. The van der Waals surface area contributed by atoms with E-state index < -0.39 is 6.10 Å². The minimum absolute atomic E-state index is 0.240. The van der Waals surface area contributed by atoms with Gasteiger partial charge in [-0.3, -0.25) is 0 Å². The van der Waals surface area contributed by atoms with E-state index in [1.807, 2.05) is 30.3 Å². The number of benzene rings is 2. The highest BCUT2D eigenvalue weighted by molar-refractivity contribution is 5.77. The number of nitrogens with two attached hydrogens (primary N) is 1. The Bertz CT molecular complexity index is 703. The fourth-order valence-corrected chi connectivity index (χ4v) is 2.50. The van der Waals surface area contributed by atoms with Crippen molar-refractivity contribution in [1.82, 2.24) is 0 Å². The molecule has 0 aliphatic carbocycles. The van der Waals surface area contributed by atoms with E-state index in [2.05, 4.69) is 0 Å². The van der Waals surface area contributed by atoms with Crippen LogP contribution in [0.25, 0.3) is 11.0 Å². The first-order valence-corrected chi connectivity index (χ1v) is 6.81. The van der Waals surface area contributed by atoms with E-state index in [9.17, 15) is 9.50 Å². The van der Waals surface area contributed by atoms with Crippen molar-refractivity contribution >= 4 is 11.0 Å². The number of aliphatic hydroxyl groups excluding tert-OH is 1. The summed E-state index contributed by atoms with van der Waals surface area (Å²) in [5.74, 6) is -0.185. The zero-order valence-electron chi connectivity index (χ0n) is 11.4. The molecule has 3 nitrogen and oxygen atoms in total. The van der Waals surface area contributed by atoms with E-state index in [4.69, 9.17) is 10.2 Å². The predicted molar refractivity (Wildman–Crippen MR) is 79.4 cm³/mol. The molecule has 1 aromatic heterocycles. The fourth-order valence-electron chi connectivity index (χ4n) is 2.50. The van der Waals surface area contributed by atoms with Crippen LogP contribution in [-0.4, -0.2) is 11.7 Å². The number of hydrogen-bond acceptors (Lipinski definition) is 3. The third-order valence-electron chi connectivity index (χ3n) is 3.67. The van der Waals surface area contributed by atoms with Crippen molar-refractivity contribution in [3.8, 4) is 0 Å². The van der Waals surface area contributed by atoms with Crippen LogP contribution < -0.4 is 5.73 Å². The lowest BCUT2D eigenvalue weighted by atomic mass is 9.92. The second-order valence-corrected chi connectivity index (χ2v) is 5.03. The van der Waals surface area contributed by atoms with E-state index in [1.165, 1.54) is 12.1 Å². The van der Waals surface area contributed by atoms with E-state index in [0.29, 0.717) is 5.76 Å². The first-order chi connectivity index (χ1) is 10.2. The van der Waals surface area contributed by atoms with Crippen LogP contribution in [0.2, 0.25) is 0 Å². The van der Waals surface area contributed by atoms with Gasteiger partial charge in [-0.1, -0.05) is 30.3 Å². The molecule has 2 aromatic carbocycles. The summed E-state index contributed by atoms with van der Waals surface area (Å²) in [7, 11) is 0. The Morgan fingerprint density at radius 2 is 1.81 bits per heavy atom. The van der Waals surface area contributed by atoms with E-state index >= 15 is 0 Å². The lowest BCUT2D eigenvalue weighted by molar-refractivity contribution is 0.124. The molecule has 3 rings (SSSR count). The predicted octanol–water partition coefficient (Wildman–Crippen LogP) is 3.35. The molecule has 21 heavy (non-hydrogen) atoms. The average Bonchev–Trinajstić information content (AvgIpc) is 2.93. The van der Waals surface area contributed by atoms with Gasteiger partial charge < -0.3 is 15.3 Å². The van der Waals surface area contributed by atoms with Gasteiger partial charge in [-0.05, 0) is 29.8 Å². The molecule has 3 aromatic rings. The van der Waals surface area contributed by atoms with E-state index in [-0.39, 0.29) is 18.3 Å². The van der Waals surface area contributed by atoms with Crippen LogP contribution in [0.4, 0.5) is 4.39 Å². The number of fused-ring (bicyclic) bond motifs is 1. The van der Waals surface area contributed by atoms with Gasteiger partial charge in [0.2, 0.25) is 0 Å². The Balaban J connectivity index is 1.94. The number of rotatable bonds is 4. The maximum atomic E-state index is 13.0. The maximum absolute atomic E-state index is 13.0. The zero-order chi connectivity index (χ0) is 14.8. The van der Waals surface area contributed by atoms with Gasteiger partial charge in [-0.2, -0.15) is 0 Å². The molecule has 0 radical (unpaired) electrons. The van der Waals surface area contributed by atoms with Crippen LogP contribution >= 0.6 is 0 Å². The summed E-state index contributed by atoms with van der Waals surface area (Å²) in [5.41, 5.74) is 7.29. The highest BCUT2D eigenvalue weighted by Gasteiger charge is 2.24. The minimum atomic E-state index is -0.868. The summed E-state index contributed by atoms with van der Waals surface area (Å²) >= 11 is 0. The normalized spacial score (nSPS) is 14.2. The SMILES string of the molecule is NCC(c1ccc(F)cc1)C(O)c1cc2ccccc2o1. The van der Waals surface area contributed by atoms with Gasteiger partial charge in [-0.25, -0.2) is 4.39 Å². The van der Waals surface area contributed by atoms with E-state index in [0.717, 1.165) is 16.5 Å². The quantitative estimate of drug-likeness (QED) is 0.773. The van der Waals surface area contributed by atoms with Crippen molar-refractivity contribution in [2.75, 3.05) is 6.54 Å². The minimum Gasteiger partial charge on any atom is -0.458 e. The third kappa shape index (κ3) is 2.68. The van der Waals surface area contributed by atoms with Crippen LogP contribution in [0.5, 0.6) is 0 Å². The molecular weight excluding hydrogens is 269 g/mol. The molecule has 0 amide bonds. The fraction of sp³-hybridized carbons (Fsp3) is 0.176. The molecule has 4 heteroatoms. The molecular formula is C17H16FNO2. The summed E-state index contributed by atoms with van der Waals surface area (Å²) < 4.78 is 18.7. The molecule has 0 spiro atoms. The second kappa shape index (κ2) is 5.68. The molecule has 0 saturated heterocycles. The molecule has 0 saturated carbocycles. The van der Waals surface area contributed by atoms with Crippen molar-refractivity contribution in [3.63, 3.8) is 0 Å². The van der Waals surface area contributed by atoms with Crippen molar-refractivity contribution in [2.24, 2.45) is 5.73 Å². The highest BCUT2D eigenvalue weighted by atomic mass is 19.1. The van der Waals surface area contributed by atoms with Crippen molar-refractivity contribution in [2.45, 2.75) is 12.0 Å². The van der Waals surface area contributed by atoms with Crippen molar-refractivity contribution in [3.05, 3.63) is 71.7 Å². The topological polar surface area (TPSA) is 59.4 Å². The molecule has 3 N–H and O–H groups in total. The van der Waals surface area contributed by atoms with Crippen molar-refractivity contribution < 1.29 is 13.9 Å². The summed E-state index contributed by atoms with van der Waals surface area (Å²) in [6.45, 7) is 0.240. The Morgan fingerprint density at radius 1 is 1.10 bits per heavy atom.